The van der Waals surface area contributed by atoms with Crippen molar-refractivity contribution in [2.75, 3.05) is 32.7 Å². The van der Waals surface area contributed by atoms with E-state index in [0.717, 1.165) is 58.4 Å². The Morgan fingerprint density at radius 3 is 2.23 bits per heavy atom. The number of aromatic nitrogens is 1. The summed E-state index contributed by atoms with van der Waals surface area (Å²) in [5.41, 5.74) is 6.94. The first kappa shape index (κ1) is 38.6. The number of aromatic hydroxyl groups is 1. The third-order valence-corrected chi connectivity index (χ3v) is 9.16. The van der Waals surface area contributed by atoms with Gasteiger partial charge in [0.2, 0.25) is 5.91 Å². The number of carboxylic acids is 1. The number of carbonyl (C=O) groups excluding carboxylic acids is 2. The maximum Gasteiger partial charge on any atom is 0.490 e. The average molecular weight is 729 g/mol. The van der Waals surface area contributed by atoms with Gasteiger partial charge in [-0.15, -0.1) is 0 Å². The van der Waals surface area contributed by atoms with Gasteiger partial charge in [-0.1, -0.05) is 60.7 Å². The van der Waals surface area contributed by atoms with E-state index < -0.39 is 12.1 Å². The van der Waals surface area contributed by atoms with Crippen LogP contribution in [-0.2, 0) is 29.0 Å². The first-order valence-corrected chi connectivity index (χ1v) is 17.6. The number of hydrogen-bond acceptors (Lipinski definition) is 5. The van der Waals surface area contributed by atoms with E-state index in [1.165, 1.54) is 12.8 Å². The molecule has 53 heavy (non-hydrogen) atoms. The zero-order valence-corrected chi connectivity index (χ0v) is 29.2. The smallest absolute Gasteiger partial charge is 0.490 e. The molecule has 278 valence electrons. The van der Waals surface area contributed by atoms with Crippen molar-refractivity contribution in [2.24, 2.45) is 0 Å². The molecule has 1 aliphatic rings. The Hall–Kier alpha value is -5.62. The van der Waals surface area contributed by atoms with E-state index in [0.29, 0.717) is 44.5 Å². The highest BCUT2D eigenvalue weighted by Gasteiger charge is 2.38. The molecule has 4 aromatic carbocycles. The number of phenolic OH excluding ortho intramolecular Hbond substituents is 1. The van der Waals surface area contributed by atoms with Crippen LogP contribution < -0.4 is 5.32 Å². The number of H-pyrrole nitrogens is 1. The molecule has 0 spiro atoms. The van der Waals surface area contributed by atoms with Crippen molar-refractivity contribution in [1.82, 2.24) is 20.1 Å². The van der Waals surface area contributed by atoms with Crippen LogP contribution >= 0.6 is 0 Å². The van der Waals surface area contributed by atoms with Crippen LogP contribution in [0.5, 0.6) is 5.75 Å². The molecule has 2 amide bonds. The van der Waals surface area contributed by atoms with Gasteiger partial charge in [0.1, 0.15) is 5.75 Å². The molecule has 0 aliphatic carbocycles. The summed E-state index contributed by atoms with van der Waals surface area (Å²) in [5.74, 6) is -2.48. The maximum absolute atomic E-state index is 13.7. The van der Waals surface area contributed by atoms with Gasteiger partial charge in [0.15, 0.2) is 0 Å². The van der Waals surface area contributed by atoms with Gasteiger partial charge in [-0.25, -0.2) is 4.79 Å². The monoisotopic (exact) mass is 728 g/mol. The number of carbonyl (C=O) groups is 3. The molecular formula is C41H43F3N4O5. The largest absolute Gasteiger partial charge is 0.508 e. The van der Waals surface area contributed by atoms with E-state index in [1.54, 1.807) is 12.1 Å². The standard InChI is InChI=1S/C39H42N4O3.C2HF3O2/c44-35-16-13-29(14-17-35)19-23-43(38(45)18-15-34-27-41-37-12-2-1-11-36(34)37)28-30-7-5-8-31(25-30)32-9-6-10-33(26-32)39(46)40-20-24-42-21-3-4-22-42;3-2(4,5)1(6)7/h1-2,5-14,16-17,25-27,41,44H,3-4,15,18-24,28H2,(H,40,46);(H,6,7). The molecule has 12 heteroatoms. The van der Waals surface area contributed by atoms with Crippen LogP contribution in [0.3, 0.4) is 0 Å². The number of amides is 2. The van der Waals surface area contributed by atoms with Crippen LogP contribution in [0.4, 0.5) is 13.2 Å². The number of nitrogens with one attached hydrogen (secondary N) is 2. The van der Waals surface area contributed by atoms with Crippen LogP contribution in [0.25, 0.3) is 22.0 Å². The quantitative estimate of drug-likeness (QED) is 0.102. The highest BCUT2D eigenvalue weighted by atomic mass is 19.4. The summed E-state index contributed by atoms with van der Waals surface area (Å²) in [7, 11) is 0. The van der Waals surface area contributed by atoms with E-state index in [9.17, 15) is 27.9 Å². The van der Waals surface area contributed by atoms with E-state index in [-0.39, 0.29) is 17.6 Å². The molecule has 0 unspecified atom stereocenters. The number of aromatic amines is 1. The summed E-state index contributed by atoms with van der Waals surface area (Å²) < 4.78 is 31.7. The van der Waals surface area contributed by atoms with Gasteiger partial charge < -0.3 is 30.3 Å². The Balaban J connectivity index is 0.000000705. The second kappa shape index (κ2) is 18.2. The van der Waals surface area contributed by atoms with Crippen LogP contribution in [-0.4, -0.2) is 81.7 Å². The summed E-state index contributed by atoms with van der Waals surface area (Å²) in [4.78, 5) is 43.2. The number of carboxylic acid groups (broad SMARTS) is 1. The number of benzene rings is 4. The summed E-state index contributed by atoms with van der Waals surface area (Å²) in [6.07, 6.45) is 1.16. The predicted molar refractivity (Wildman–Crippen MR) is 197 cm³/mol. The molecule has 0 saturated carbocycles. The van der Waals surface area contributed by atoms with Crippen molar-refractivity contribution >= 4 is 28.7 Å². The molecule has 1 fully saturated rings. The van der Waals surface area contributed by atoms with Crippen LogP contribution in [0, 0.1) is 0 Å². The van der Waals surface area contributed by atoms with E-state index in [1.807, 2.05) is 71.8 Å². The Morgan fingerprint density at radius 2 is 1.51 bits per heavy atom. The van der Waals surface area contributed by atoms with Gasteiger partial charge in [0, 0.05) is 55.3 Å². The van der Waals surface area contributed by atoms with Crippen LogP contribution in [0.15, 0.2) is 103 Å². The van der Waals surface area contributed by atoms with Crippen molar-refractivity contribution in [1.29, 1.82) is 0 Å². The number of aliphatic carboxylic acids is 1. The lowest BCUT2D eigenvalue weighted by atomic mass is 10.0. The maximum atomic E-state index is 13.7. The lowest BCUT2D eigenvalue weighted by molar-refractivity contribution is -0.192. The number of aryl methyl sites for hydroxylation is 1. The van der Waals surface area contributed by atoms with Crippen LogP contribution in [0.2, 0.25) is 0 Å². The average Bonchev–Trinajstić information content (AvgIpc) is 3.83. The number of rotatable bonds is 13. The fourth-order valence-corrected chi connectivity index (χ4v) is 6.30. The Bertz CT molecular complexity index is 1990. The molecule has 1 aliphatic heterocycles. The second-order valence-corrected chi connectivity index (χ2v) is 13.0. The van der Waals surface area contributed by atoms with Crippen LogP contribution in [0.1, 0.15) is 46.3 Å². The molecule has 1 saturated heterocycles. The Kier molecular flexibility index (Phi) is 13.3. The minimum absolute atomic E-state index is 0.0570. The lowest BCUT2D eigenvalue weighted by Crippen LogP contribution is -2.33. The Labute approximate surface area is 306 Å². The van der Waals surface area contributed by atoms with Gasteiger partial charge in [0.05, 0.1) is 0 Å². The van der Waals surface area contributed by atoms with Crippen molar-refractivity contribution in [3.05, 3.63) is 126 Å². The first-order valence-electron chi connectivity index (χ1n) is 17.6. The van der Waals surface area contributed by atoms with Gasteiger partial charge in [-0.05, 0) is 103 Å². The van der Waals surface area contributed by atoms with E-state index >= 15 is 0 Å². The third-order valence-electron chi connectivity index (χ3n) is 9.16. The summed E-state index contributed by atoms with van der Waals surface area (Å²) in [6, 6.07) is 31.3. The predicted octanol–water partition coefficient (Wildman–Crippen LogP) is 7.20. The summed E-state index contributed by atoms with van der Waals surface area (Å²) >= 11 is 0. The summed E-state index contributed by atoms with van der Waals surface area (Å²) in [6.45, 7) is 4.81. The van der Waals surface area contributed by atoms with Gasteiger partial charge in [-0.2, -0.15) is 13.2 Å². The molecule has 0 radical (unpaired) electrons. The fraction of sp³-hybridized carbons (Fsp3) is 0.293. The molecule has 0 bridgehead atoms. The molecule has 1 aromatic heterocycles. The zero-order valence-electron chi connectivity index (χ0n) is 29.2. The molecular weight excluding hydrogens is 685 g/mol. The van der Waals surface area contributed by atoms with E-state index in [4.69, 9.17) is 9.90 Å². The van der Waals surface area contributed by atoms with Gasteiger partial charge >= 0.3 is 12.1 Å². The van der Waals surface area contributed by atoms with Crippen molar-refractivity contribution in [3.63, 3.8) is 0 Å². The number of likely N-dealkylation sites (tertiary alicyclic amines) is 1. The molecule has 2 heterocycles. The van der Waals surface area contributed by atoms with Gasteiger partial charge in [0.25, 0.3) is 5.91 Å². The minimum atomic E-state index is -5.08. The molecule has 5 aromatic rings. The molecule has 9 nitrogen and oxygen atoms in total. The highest BCUT2D eigenvalue weighted by molar-refractivity contribution is 5.95. The number of halogens is 3. The number of phenols is 1. The number of alkyl halides is 3. The van der Waals surface area contributed by atoms with Crippen molar-refractivity contribution in [3.8, 4) is 16.9 Å². The molecule has 6 rings (SSSR count). The molecule has 4 N–H and O–H groups in total. The topological polar surface area (TPSA) is 126 Å². The third kappa shape index (κ3) is 11.4. The summed E-state index contributed by atoms with van der Waals surface area (Å²) in [5, 5.41) is 21.1. The fourth-order valence-electron chi connectivity index (χ4n) is 6.30. The first-order chi connectivity index (χ1) is 25.5. The number of para-hydroxylation sites is 1. The lowest BCUT2D eigenvalue weighted by Gasteiger charge is -2.23. The van der Waals surface area contributed by atoms with Gasteiger partial charge in [-0.3, -0.25) is 9.59 Å². The minimum Gasteiger partial charge on any atom is -0.508 e. The zero-order chi connectivity index (χ0) is 37.8. The van der Waals surface area contributed by atoms with Crippen molar-refractivity contribution < 1.29 is 37.8 Å². The SMILES string of the molecule is O=C(NCCN1CCCC1)c1cccc(-c2cccc(CN(CCc3ccc(O)cc3)C(=O)CCc3c[nH]c4ccccc34)c2)c1.O=C(O)C(F)(F)F. The second-order valence-electron chi connectivity index (χ2n) is 13.0. The highest BCUT2D eigenvalue weighted by Crippen LogP contribution is 2.24. The number of fused-ring (bicyclic) bond motifs is 1. The Morgan fingerprint density at radius 1 is 0.830 bits per heavy atom. The normalized spacial score (nSPS) is 13.0. The number of nitrogens with zero attached hydrogens (tertiary/aromatic N) is 2. The van der Waals surface area contributed by atoms with E-state index in [2.05, 4.69) is 39.5 Å². The van der Waals surface area contributed by atoms with Crippen molar-refractivity contribution in [2.45, 2.75) is 44.8 Å². The number of hydrogen-bond donors (Lipinski definition) is 4. The molecule has 0 atom stereocenters.